The number of rotatable bonds is 5. The van der Waals surface area contributed by atoms with Crippen molar-refractivity contribution in [2.75, 3.05) is 0 Å². The van der Waals surface area contributed by atoms with Crippen LogP contribution in [0.2, 0.25) is 0 Å². The van der Waals surface area contributed by atoms with Gasteiger partial charge in [-0.05, 0) is 0 Å². The van der Waals surface area contributed by atoms with Crippen LogP contribution in [0.15, 0.2) is 37.2 Å². The summed E-state index contributed by atoms with van der Waals surface area (Å²) in [5.41, 5.74) is 0. The molecule has 74 valence electrons. The molecule has 1 N–H and O–H groups in total. The molecule has 0 aromatic carbocycles. The molecule has 1 aromatic rings. The number of nitrogens with zero attached hydrogens (tertiary/aromatic N) is 2. The molecule has 4 heteroatoms. The molecular formula is C10H12N2O2. The Kier molecular flexibility index (Phi) is 3.67. The van der Waals surface area contributed by atoms with Gasteiger partial charge in [-0.1, -0.05) is 12.2 Å². The van der Waals surface area contributed by atoms with E-state index in [0.717, 1.165) is 11.9 Å². The van der Waals surface area contributed by atoms with E-state index in [1.54, 1.807) is 18.3 Å². The van der Waals surface area contributed by atoms with Gasteiger partial charge in [0.15, 0.2) is 0 Å². The quantitative estimate of drug-likeness (QED) is 0.564. The van der Waals surface area contributed by atoms with Gasteiger partial charge < -0.3 is 9.67 Å². The van der Waals surface area contributed by atoms with E-state index in [9.17, 15) is 4.79 Å². The molecule has 1 heterocycles. The van der Waals surface area contributed by atoms with E-state index in [2.05, 4.69) is 11.6 Å². The van der Waals surface area contributed by atoms with E-state index >= 15 is 0 Å². The lowest BCUT2D eigenvalue weighted by Crippen LogP contribution is -2.00. The largest absolute Gasteiger partial charge is 0.478 e. The van der Waals surface area contributed by atoms with Crippen LogP contribution in [-0.4, -0.2) is 20.6 Å². The molecule has 4 nitrogen and oxygen atoms in total. The molecule has 0 aliphatic carbocycles. The number of imidazole rings is 1. The molecule has 0 aliphatic heterocycles. The molecule has 0 bridgehead atoms. The molecule has 0 unspecified atom stereocenters. The minimum atomic E-state index is -0.935. The van der Waals surface area contributed by atoms with Gasteiger partial charge in [0.1, 0.15) is 5.82 Å². The van der Waals surface area contributed by atoms with Crippen molar-refractivity contribution in [2.45, 2.75) is 13.0 Å². The minimum absolute atomic E-state index is 0.523. The van der Waals surface area contributed by atoms with E-state index in [4.69, 9.17) is 5.11 Å². The van der Waals surface area contributed by atoms with Crippen molar-refractivity contribution in [2.24, 2.45) is 0 Å². The smallest absolute Gasteiger partial charge is 0.328 e. The number of hydrogen-bond acceptors (Lipinski definition) is 2. The third-order valence-electron chi connectivity index (χ3n) is 1.69. The number of hydrogen-bond donors (Lipinski definition) is 1. The van der Waals surface area contributed by atoms with Gasteiger partial charge in [-0.15, -0.1) is 6.58 Å². The SMILES string of the molecule is C=CCc1nccn1CC=CC(=O)O. The highest BCUT2D eigenvalue weighted by Gasteiger charge is 1.97. The van der Waals surface area contributed by atoms with Crippen LogP contribution in [0, 0.1) is 0 Å². The summed E-state index contributed by atoms with van der Waals surface area (Å²) in [6.07, 6.45) is 8.65. The molecule has 0 spiro atoms. The Bertz CT molecular complexity index is 353. The fraction of sp³-hybridized carbons (Fsp3) is 0.200. The maximum absolute atomic E-state index is 10.2. The first-order valence-corrected chi connectivity index (χ1v) is 4.24. The van der Waals surface area contributed by atoms with Crippen LogP contribution in [-0.2, 0) is 17.8 Å². The van der Waals surface area contributed by atoms with Gasteiger partial charge in [-0.25, -0.2) is 9.78 Å². The van der Waals surface area contributed by atoms with Crippen LogP contribution < -0.4 is 0 Å². The molecule has 0 fully saturated rings. The number of carboxylic acid groups (broad SMARTS) is 1. The molecule has 1 rings (SSSR count). The number of carboxylic acids is 1. The Balaban J connectivity index is 2.61. The van der Waals surface area contributed by atoms with Crippen LogP contribution in [0.1, 0.15) is 5.82 Å². The van der Waals surface area contributed by atoms with Gasteiger partial charge in [0.2, 0.25) is 0 Å². The van der Waals surface area contributed by atoms with Crippen LogP contribution in [0.3, 0.4) is 0 Å². The van der Waals surface area contributed by atoms with Gasteiger partial charge >= 0.3 is 5.97 Å². The summed E-state index contributed by atoms with van der Waals surface area (Å²) in [4.78, 5) is 14.3. The Morgan fingerprint density at radius 1 is 1.71 bits per heavy atom. The average Bonchev–Trinajstić information content (AvgIpc) is 2.53. The maximum atomic E-state index is 10.2. The van der Waals surface area contributed by atoms with Crippen LogP contribution in [0.4, 0.5) is 0 Å². The Morgan fingerprint density at radius 2 is 2.50 bits per heavy atom. The third kappa shape index (κ3) is 2.90. The topological polar surface area (TPSA) is 55.1 Å². The average molecular weight is 192 g/mol. The van der Waals surface area contributed by atoms with Crippen molar-refractivity contribution in [3.63, 3.8) is 0 Å². The summed E-state index contributed by atoms with van der Waals surface area (Å²) in [5, 5.41) is 8.39. The zero-order chi connectivity index (χ0) is 10.4. The number of allylic oxidation sites excluding steroid dienone is 2. The number of aromatic nitrogens is 2. The van der Waals surface area contributed by atoms with Crippen LogP contribution in [0.25, 0.3) is 0 Å². The maximum Gasteiger partial charge on any atom is 0.328 e. The zero-order valence-electron chi connectivity index (χ0n) is 7.76. The van der Waals surface area contributed by atoms with Crippen molar-refractivity contribution in [1.29, 1.82) is 0 Å². The summed E-state index contributed by atoms with van der Waals surface area (Å²) >= 11 is 0. The van der Waals surface area contributed by atoms with E-state index in [1.165, 1.54) is 0 Å². The molecule has 0 aliphatic rings. The highest BCUT2D eigenvalue weighted by molar-refractivity contribution is 5.79. The second-order valence-electron chi connectivity index (χ2n) is 2.73. The van der Waals surface area contributed by atoms with Crippen LogP contribution >= 0.6 is 0 Å². The van der Waals surface area contributed by atoms with E-state index in [-0.39, 0.29) is 0 Å². The number of aliphatic carboxylic acids is 1. The molecular weight excluding hydrogens is 180 g/mol. The Labute approximate surface area is 82.2 Å². The highest BCUT2D eigenvalue weighted by Crippen LogP contribution is 1.99. The van der Waals surface area contributed by atoms with Crippen molar-refractivity contribution in [1.82, 2.24) is 9.55 Å². The lowest BCUT2D eigenvalue weighted by Gasteiger charge is -2.01. The van der Waals surface area contributed by atoms with Gasteiger partial charge in [0.25, 0.3) is 0 Å². The summed E-state index contributed by atoms with van der Waals surface area (Å²) in [6, 6.07) is 0. The van der Waals surface area contributed by atoms with Gasteiger partial charge in [0, 0.05) is 31.4 Å². The first-order chi connectivity index (χ1) is 6.74. The Hall–Kier alpha value is -1.84. The van der Waals surface area contributed by atoms with E-state index in [0.29, 0.717) is 13.0 Å². The fourth-order valence-electron chi connectivity index (χ4n) is 1.09. The van der Waals surface area contributed by atoms with Crippen molar-refractivity contribution in [3.8, 4) is 0 Å². The summed E-state index contributed by atoms with van der Waals surface area (Å²) in [5.74, 6) is -0.0505. The summed E-state index contributed by atoms with van der Waals surface area (Å²) < 4.78 is 1.88. The van der Waals surface area contributed by atoms with Crippen molar-refractivity contribution < 1.29 is 9.90 Å². The standard InChI is InChI=1S/C10H12N2O2/c1-2-4-9-11-6-8-12(9)7-3-5-10(13)14/h2-3,5-6,8H,1,4,7H2,(H,13,14). The van der Waals surface area contributed by atoms with Gasteiger partial charge in [0.05, 0.1) is 0 Å². The molecule has 0 atom stereocenters. The molecule has 0 saturated heterocycles. The second-order valence-corrected chi connectivity index (χ2v) is 2.73. The first-order valence-electron chi connectivity index (χ1n) is 4.24. The monoisotopic (exact) mass is 192 g/mol. The van der Waals surface area contributed by atoms with E-state index in [1.807, 2.05) is 10.8 Å². The molecule has 0 amide bonds. The van der Waals surface area contributed by atoms with Gasteiger partial charge in [-0.3, -0.25) is 0 Å². The second kappa shape index (κ2) is 5.01. The normalized spacial score (nSPS) is 10.6. The third-order valence-corrected chi connectivity index (χ3v) is 1.69. The zero-order valence-corrected chi connectivity index (χ0v) is 7.76. The summed E-state index contributed by atoms with van der Waals surface area (Å²) in [6.45, 7) is 4.14. The first kappa shape index (κ1) is 10.2. The highest BCUT2D eigenvalue weighted by atomic mass is 16.4. The van der Waals surface area contributed by atoms with Crippen molar-refractivity contribution in [3.05, 3.63) is 43.0 Å². The predicted molar refractivity (Wildman–Crippen MR) is 52.9 cm³/mol. The predicted octanol–water partition coefficient (Wildman–Crippen LogP) is 1.25. The molecule has 0 radical (unpaired) electrons. The van der Waals surface area contributed by atoms with Crippen molar-refractivity contribution >= 4 is 5.97 Å². The van der Waals surface area contributed by atoms with Crippen LogP contribution in [0.5, 0.6) is 0 Å². The van der Waals surface area contributed by atoms with E-state index < -0.39 is 5.97 Å². The molecule has 14 heavy (non-hydrogen) atoms. The summed E-state index contributed by atoms with van der Waals surface area (Å²) in [7, 11) is 0. The Morgan fingerprint density at radius 3 is 3.14 bits per heavy atom. The lowest BCUT2D eigenvalue weighted by atomic mass is 10.4. The molecule has 0 saturated carbocycles. The van der Waals surface area contributed by atoms with Gasteiger partial charge in [-0.2, -0.15) is 0 Å². The number of carbonyl (C=O) groups is 1. The fourth-order valence-corrected chi connectivity index (χ4v) is 1.09. The molecule has 1 aromatic heterocycles. The minimum Gasteiger partial charge on any atom is -0.478 e. The lowest BCUT2D eigenvalue weighted by molar-refractivity contribution is -0.131.